The molecule has 0 heterocycles. The molecule has 0 spiro atoms. The highest BCUT2D eigenvalue weighted by atomic mass is 16.5. The molecule has 0 aliphatic heterocycles. The van der Waals surface area contributed by atoms with E-state index in [1.54, 1.807) is 30.3 Å². The fourth-order valence-electron chi connectivity index (χ4n) is 1.89. The first kappa shape index (κ1) is 16.4. The van der Waals surface area contributed by atoms with E-state index in [0.29, 0.717) is 5.69 Å². The number of benzene rings is 2. The molecule has 1 atom stereocenters. The quantitative estimate of drug-likeness (QED) is 0.828. The lowest BCUT2D eigenvalue weighted by Gasteiger charge is -2.14. The minimum atomic E-state index is -1.02. The second kappa shape index (κ2) is 7.31. The summed E-state index contributed by atoms with van der Waals surface area (Å²) in [6.45, 7) is 1.45. The van der Waals surface area contributed by atoms with Crippen molar-refractivity contribution in [2.75, 3.05) is 12.4 Å². The summed E-state index contributed by atoms with van der Waals surface area (Å²) in [5.41, 5.74) is 0.535. The topological polar surface area (TPSA) is 84.9 Å². The van der Waals surface area contributed by atoms with Crippen LogP contribution in [0.5, 0.6) is 11.5 Å². The first-order valence-corrected chi connectivity index (χ1v) is 6.95. The lowest BCUT2D eigenvalue weighted by atomic mass is 10.2. The van der Waals surface area contributed by atoms with E-state index in [1.807, 2.05) is 6.07 Å². The molecule has 23 heavy (non-hydrogen) atoms. The Hall–Kier alpha value is -3.02. The Balaban J connectivity index is 2.03. The lowest BCUT2D eigenvalue weighted by Crippen LogP contribution is -2.30. The molecule has 6 heteroatoms. The van der Waals surface area contributed by atoms with Gasteiger partial charge >= 0.3 is 5.97 Å². The minimum absolute atomic E-state index is 0.0660. The van der Waals surface area contributed by atoms with Gasteiger partial charge in [0.15, 0.2) is 17.6 Å². The molecule has 0 fully saturated rings. The molecule has 0 aliphatic carbocycles. The summed E-state index contributed by atoms with van der Waals surface area (Å²) < 4.78 is 10.0. The fourth-order valence-corrected chi connectivity index (χ4v) is 1.89. The summed E-state index contributed by atoms with van der Waals surface area (Å²) in [5, 5.41) is 12.6. The zero-order chi connectivity index (χ0) is 16.8. The van der Waals surface area contributed by atoms with Crippen molar-refractivity contribution in [2.45, 2.75) is 13.0 Å². The molecule has 2 aromatic rings. The lowest BCUT2D eigenvalue weighted by molar-refractivity contribution is -0.123. The number of rotatable bonds is 5. The zero-order valence-corrected chi connectivity index (χ0v) is 12.8. The van der Waals surface area contributed by atoms with Crippen LogP contribution in [0.3, 0.4) is 0 Å². The van der Waals surface area contributed by atoms with Crippen molar-refractivity contribution in [1.29, 1.82) is 0 Å². The van der Waals surface area contributed by atoms with Crippen molar-refractivity contribution in [2.24, 2.45) is 0 Å². The SMILES string of the molecule is COc1cccc(C(=O)O[C@@H](C)C(=O)Nc2ccccc2)c1O. The number of phenolic OH excluding ortho intramolecular Hbond substituents is 1. The van der Waals surface area contributed by atoms with Gasteiger partial charge in [0.2, 0.25) is 0 Å². The number of anilines is 1. The van der Waals surface area contributed by atoms with Crippen LogP contribution in [-0.4, -0.2) is 30.2 Å². The molecule has 120 valence electrons. The van der Waals surface area contributed by atoms with Gasteiger partial charge < -0.3 is 19.9 Å². The maximum Gasteiger partial charge on any atom is 0.342 e. The van der Waals surface area contributed by atoms with E-state index < -0.39 is 18.0 Å². The van der Waals surface area contributed by atoms with Gasteiger partial charge in [0.1, 0.15) is 5.56 Å². The number of carbonyl (C=O) groups is 2. The van der Waals surface area contributed by atoms with E-state index in [9.17, 15) is 14.7 Å². The maximum absolute atomic E-state index is 12.1. The Kier molecular flexibility index (Phi) is 5.19. The summed E-state index contributed by atoms with van der Waals surface area (Å²) in [4.78, 5) is 24.1. The molecular weight excluding hydrogens is 298 g/mol. The number of aromatic hydroxyl groups is 1. The number of hydrogen-bond donors (Lipinski definition) is 2. The second-order valence-electron chi connectivity index (χ2n) is 4.76. The Morgan fingerprint density at radius 1 is 1.09 bits per heavy atom. The predicted octanol–water partition coefficient (Wildman–Crippen LogP) is 2.58. The van der Waals surface area contributed by atoms with Crippen LogP contribution in [-0.2, 0) is 9.53 Å². The fraction of sp³-hybridized carbons (Fsp3) is 0.176. The third-order valence-corrected chi connectivity index (χ3v) is 3.13. The molecule has 0 unspecified atom stereocenters. The van der Waals surface area contributed by atoms with Gasteiger partial charge in [-0.1, -0.05) is 24.3 Å². The molecule has 0 saturated heterocycles. The molecule has 2 aromatic carbocycles. The van der Waals surface area contributed by atoms with Gasteiger partial charge in [0.25, 0.3) is 5.91 Å². The zero-order valence-electron chi connectivity index (χ0n) is 12.8. The van der Waals surface area contributed by atoms with Gasteiger partial charge in [0, 0.05) is 5.69 Å². The standard InChI is InChI=1S/C17H17NO5/c1-11(16(20)18-12-7-4-3-5-8-12)23-17(21)13-9-6-10-14(22-2)15(13)19/h3-11,19H,1-2H3,(H,18,20)/t11-/m0/s1. The highest BCUT2D eigenvalue weighted by Crippen LogP contribution is 2.30. The number of hydrogen-bond acceptors (Lipinski definition) is 5. The Morgan fingerprint density at radius 3 is 2.43 bits per heavy atom. The maximum atomic E-state index is 12.1. The van der Waals surface area contributed by atoms with Gasteiger partial charge in [0.05, 0.1) is 7.11 Å². The summed E-state index contributed by atoms with van der Waals surface area (Å²) in [6, 6.07) is 13.3. The minimum Gasteiger partial charge on any atom is -0.504 e. The van der Waals surface area contributed by atoms with Crippen LogP contribution in [0.25, 0.3) is 0 Å². The Bertz CT molecular complexity index is 699. The molecular formula is C17H17NO5. The smallest absolute Gasteiger partial charge is 0.342 e. The predicted molar refractivity (Wildman–Crippen MR) is 84.6 cm³/mol. The molecule has 0 radical (unpaired) electrons. The molecule has 2 rings (SSSR count). The van der Waals surface area contributed by atoms with Crippen molar-refractivity contribution in [1.82, 2.24) is 0 Å². The van der Waals surface area contributed by atoms with E-state index in [-0.39, 0.29) is 17.1 Å². The highest BCUT2D eigenvalue weighted by molar-refractivity contribution is 5.98. The first-order chi connectivity index (χ1) is 11.0. The number of nitrogens with one attached hydrogen (secondary N) is 1. The summed E-state index contributed by atoms with van der Waals surface area (Å²) in [6.07, 6.45) is -1.02. The molecule has 1 amide bonds. The second-order valence-corrected chi connectivity index (χ2v) is 4.76. The van der Waals surface area contributed by atoms with E-state index >= 15 is 0 Å². The molecule has 0 aromatic heterocycles. The van der Waals surface area contributed by atoms with E-state index in [0.717, 1.165) is 0 Å². The Morgan fingerprint density at radius 2 is 1.78 bits per heavy atom. The summed E-state index contributed by atoms with van der Waals surface area (Å²) >= 11 is 0. The van der Waals surface area contributed by atoms with Gasteiger partial charge in [-0.05, 0) is 31.2 Å². The molecule has 0 saturated carbocycles. The number of amides is 1. The molecule has 0 aliphatic rings. The number of methoxy groups -OCH3 is 1. The van der Waals surface area contributed by atoms with Crippen LogP contribution in [0, 0.1) is 0 Å². The Labute approximate surface area is 133 Å². The monoisotopic (exact) mass is 315 g/mol. The molecule has 6 nitrogen and oxygen atoms in total. The number of ether oxygens (including phenoxy) is 2. The molecule has 2 N–H and O–H groups in total. The van der Waals surface area contributed by atoms with Crippen LogP contribution in [0.4, 0.5) is 5.69 Å². The average molecular weight is 315 g/mol. The van der Waals surface area contributed by atoms with Crippen LogP contribution >= 0.6 is 0 Å². The van der Waals surface area contributed by atoms with Gasteiger partial charge in [-0.2, -0.15) is 0 Å². The normalized spacial score (nSPS) is 11.4. The van der Waals surface area contributed by atoms with Gasteiger partial charge in [-0.3, -0.25) is 4.79 Å². The first-order valence-electron chi connectivity index (χ1n) is 6.95. The number of esters is 1. The van der Waals surface area contributed by atoms with Crippen molar-refractivity contribution in [3.8, 4) is 11.5 Å². The number of para-hydroxylation sites is 2. The van der Waals surface area contributed by atoms with E-state index in [4.69, 9.17) is 9.47 Å². The van der Waals surface area contributed by atoms with Crippen LogP contribution < -0.4 is 10.1 Å². The van der Waals surface area contributed by atoms with Crippen molar-refractivity contribution >= 4 is 17.6 Å². The number of carbonyl (C=O) groups excluding carboxylic acids is 2. The van der Waals surface area contributed by atoms with Crippen molar-refractivity contribution in [3.05, 3.63) is 54.1 Å². The van der Waals surface area contributed by atoms with Crippen LogP contribution in [0.2, 0.25) is 0 Å². The van der Waals surface area contributed by atoms with Gasteiger partial charge in [-0.25, -0.2) is 4.79 Å². The summed E-state index contributed by atoms with van der Waals surface area (Å²) in [5.74, 6) is -1.44. The van der Waals surface area contributed by atoms with Gasteiger partial charge in [-0.15, -0.1) is 0 Å². The average Bonchev–Trinajstić information content (AvgIpc) is 2.55. The number of phenols is 1. The van der Waals surface area contributed by atoms with E-state index in [1.165, 1.54) is 26.2 Å². The van der Waals surface area contributed by atoms with Crippen LogP contribution in [0.1, 0.15) is 17.3 Å². The highest BCUT2D eigenvalue weighted by Gasteiger charge is 2.22. The molecule has 0 bridgehead atoms. The van der Waals surface area contributed by atoms with E-state index in [2.05, 4.69) is 5.32 Å². The third-order valence-electron chi connectivity index (χ3n) is 3.13. The van der Waals surface area contributed by atoms with Crippen molar-refractivity contribution < 1.29 is 24.2 Å². The van der Waals surface area contributed by atoms with Crippen LogP contribution in [0.15, 0.2) is 48.5 Å². The third kappa shape index (κ3) is 4.00. The largest absolute Gasteiger partial charge is 0.504 e. The van der Waals surface area contributed by atoms with Crippen molar-refractivity contribution in [3.63, 3.8) is 0 Å². The summed E-state index contributed by atoms with van der Waals surface area (Å²) in [7, 11) is 1.38.